The number of carbonyl (C=O) groups is 1. The number of hydrogen-bond donors (Lipinski definition) is 1. The van der Waals surface area contributed by atoms with E-state index in [1.54, 1.807) is 0 Å². The first kappa shape index (κ1) is 15.1. The van der Waals surface area contributed by atoms with E-state index in [-0.39, 0.29) is 5.97 Å². The molecule has 1 heterocycles. The summed E-state index contributed by atoms with van der Waals surface area (Å²) >= 11 is 0. The van der Waals surface area contributed by atoms with Crippen LogP contribution in [0.15, 0.2) is 11.6 Å². The van der Waals surface area contributed by atoms with Crippen LogP contribution in [0.4, 0.5) is 0 Å². The third-order valence-corrected chi connectivity index (χ3v) is 6.16. The van der Waals surface area contributed by atoms with Crippen molar-refractivity contribution in [3.05, 3.63) is 11.6 Å². The Morgan fingerprint density at radius 3 is 2.76 bits per heavy atom. The Hall–Kier alpha value is -0.830. The molecule has 118 valence electrons. The molecule has 2 fully saturated rings. The zero-order chi connectivity index (χ0) is 15.0. The molecular weight excluding hydrogens is 262 g/mol. The van der Waals surface area contributed by atoms with Crippen molar-refractivity contribution in [3.63, 3.8) is 0 Å². The van der Waals surface area contributed by atoms with Gasteiger partial charge in [-0.05, 0) is 49.9 Å². The number of fused-ring (bicyclic) bond motifs is 1. The van der Waals surface area contributed by atoms with E-state index in [4.69, 9.17) is 4.74 Å². The Morgan fingerprint density at radius 2 is 2.05 bits per heavy atom. The lowest BCUT2D eigenvalue weighted by Gasteiger charge is -2.24. The van der Waals surface area contributed by atoms with Gasteiger partial charge in [-0.15, -0.1) is 0 Å². The monoisotopic (exact) mass is 292 g/mol. The summed E-state index contributed by atoms with van der Waals surface area (Å²) in [6, 6.07) is 0. The maximum atomic E-state index is 12.0. The minimum Gasteiger partial charge on any atom is -0.461 e. The summed E-state index contributed by atoms with van der Waals surface area (Å²) in [5.41, 5.74) is 1.90. The number of quaternary nitrogens is 1. The maximum absolute atomic E-state index is 12.0. The number of hydrogen-bond acceptors (Lipinski definition) is 2. The second kappa shape index (κ2) is 5.75. The molecule has 3 heteroatoms. The predicted molar refractivity (Wildman–Crippen MR) is 83.0 cm³/mol. The zero-order valence-electron chi connectivity index (χ0n) is 13.8. The van der Waals surface area contributed by atoms with Crippen molar-refractivity contribution < 1.29 is 14.4 Å². The van der Waals surface area contributed by atoms with Gasteiger partial charge in [-0.2, -0.15) is 0 Å². The molecule has 0 amide bonds. The Kier molecular flexibility index (Phi) is 4.13. The molecule has 0 aromatic rings. The van der Waals surface area contributed by atoms with Gasteiger partial charge >= 0.3 is 5.97 Å². The van der Waals surface area contributed by atoms with Crippen LogP contribution < -0.4 is 4.90 Å². The molecule has 3 aliphatic rings. The van der Waals surface area contributed by atoms with E-state index in [1.807, 2.05) is 0 Å². The number of esters is 1. The minimum absolute atomic E-state index is 0.00289. The Bertz CT molecular complexity index is 434. The van der Waals surface area contributed by atoms with E-state index in [0.29, 0.717) is 24.5 Å². The molecule has 3 atom stereocenters. The fourth-order valence-electron chi connectivity index (χ4n) is 4.36. The lowest BCUT2D eigenvalue weighted by Crippen LogP contribution is -3.13. The molecule has 0 aromatic carbocycles. The van der Waals surface area contributed by atoms with Gasteiger partial charge in [-0.1, -0.05) is 25.5 Å². The van der Waals surface area contributed by atoms with Gasteiger partial charge in [0, 0.05) is 5.92 Å². The molecule has 1 saturated carbocycles. The largest absolute Gasteiger partial charge is 0.461 e. The van der Waals surface area contributed by atoms with Crippen molar-refractivity contribution in [1.82, 2.24) is 0 Å². The summed E-state index contributed by atoms with van der Waals surface area (Å²) in [4.78, 5) is 13.4. The molecule has 21 heavy (non-hydrogen) atoms. The Balaban J connectivity index is 1.44. The van der Waals surface area contributed by atoms with Crippen molar-refractivity contribution in [2.45, 2.75) is 46.5 Å². The van der Waals surface area contributed by atoms with Gasteiger partial charge in [0.2, 0.25) is 0 Å². The van der Waals surface area contributed by atoms with Crippen LogP contribution in [0.25, 0.3) is 0 Å². The molecule has 0 radical (unpaired) electrons. The van der Waals surface area contributed by atoms with E-state index in [9.17, 15) is 4.79 Å². The number of likely N-dealkylation sites (tertiary alicyclic amines) is 1. The topological polar surface area (TPSA) is 30.7 Å². The normalized spacial score (nSPS) is 34.8. The summed E-state index contributed by atoms with van der Waals surface area (Å²) in [7, 11) is 0. The first-order valence-corrected chi connectivity index (χ1v) is 8.66. The summed E-state index contributed by atoms with van der Waals surface area (Å²) in [6.07, 6.45) is 7.46. The molecular formula is C18H30NO2+. The first-order valence-electron chi connectivity index (χ1n) is 8.66. The third kappa shape index (κ3) is 3.18. The van der Waals surface area contributed by atoms with Crippen LogP contribution in [-0.2, 0) is 9.53 Å². The Morgan fingerprint density at radius 1 is 1.33 bits per heavy atom. The van der Waals surface area contributed by atoms with Crippen LogP contribution in [-0.4, -0.2) is 32.2 Å². The highest BCUT2D eigenvalue weighted by molar-refractivity contribution is 5.70. The van der Waals surface area contributed by atoms with Crippen LogP contribution in [0.1, 0.15) is 46.5 Å². The highest BCUT2D eigenvalue weighted by Gasteiger charge is 2.58. The van der Waals surface area contributed by atoms with E-state index in [2.05, 4.69) is 26.8 Å². The van der Waals surface area contributed by atoms with E-state index < -0.39 is 0 Å². The van der Waals surface area contributed by atoms with E-state index in [1.165, 1.54) is 36.2 Å². The quantitative estimate of drug-likeness (QED) is 0.633. The highest BCUT2D eigenvalue weighted by atomic mass is 16.5. The lowest BCUT2D eigenvalue weighted by molar-refractivity contribution is -0.897. The summed E-state index contributed by atoms with van der Waals surface area (Å²) in [6.45, 7) is 10.4. The molecule has 3 nitrogen and oxygen atoms in total. The van der Waals surface area contributed by atoms with Crippen LogP contribution in [0.3, 0.4) is 0 Å². The molecule has 1 aliphatic heterocycles. The number of ether oxygens (including phenoxy) is 1. The summed E-state index contributed by atoms with van der Waals surface area (Å²) in [5.74, 6) is 2.02. The predicted octanol–water partition coefficient (Wildman–Crippen LogP) is 1.84. The fourth-order valence-corrected chi connectivity index (χ4v) is 4.36. The summed E-state index contributed by atoms with van der Waals surface area (Å²) < 4.78 is 5.59. The van der Waals surface area contributed by atoms with Gasteiger partial charge in [-0.3, -0.25) is 0 Å². The standard InChI is InChI=1S/C18H29NO2/c1-13-9-15-16(18(15,2)3)10-14(13)12-21-17(20)11-19-7-5-4-6-8-19/h9,14-16H,4-8,10-12H2,1-3H3/p+1/t14-,15-,16+/m1/s1. The molecule has 1 saturated heterocycles. The van der Waals surface area contributed by atoms with Crippen LogP contribution in [0, 0.1) is 23.2 Å². The maximum Gasteiger partial charge on any atom is 0.361 e. The molecule has 0 unspecified atom stereocenters. The van der Waals surface area contributed by atoms with Gasteiger partial charge in [-0.25, -0.2) is 4.79 Å². The zero-order valence-corrected chi connectivity index (χ0v) is 13.8. The first-order chi connectivity index (χ1) is 9.98. The third-order valence-electron chi connectivity index (χ3n) is 6.16. The smallest absolute Gasteiger partial charge is 0.361 e. The van der Waals surface area contributed by atoms with Crippen molar-refractivity contribution >= 4 is 5.97 Å². The molecule has 0 spiro atoms. The second-order valence-corrected chi connectivity index (χ2v) is 7.97. The average Bonchev–Trinajstić information content (AvgIpc) is 2.98. The Labute approximate surface area is 128 Å². The lowest BCUT2D eigenvalue weighted by atomic mass is 9.89. The van der Waals surface area contributed by atoms with Gasteiger partial charge in [0.15, 0.2) is 6.54 Å². The number of allylic oxidation sites excluding steroid dienone is 1. The SMILES string of the molecule is CC1=C[C@@H]2[C@H](C[C@@H]1COC(=O)C[NH+]1CCCCC1)C2(C)C. The van der Waals surface area contributed by atoms with Gasteiger partial charge in [0.25, 0.3) is 0 Å². The van der Waals surface area contributed by atoms with E-state index >= 15 is 0 Å². The van der Waals surface area contributed by atoms with Gasteiger partial charge in [0.05, 0.1) is 19.7 Å². The average molecular weight is 292 g/mol. The van der Waals surface area contributed by atoms with Gasteiger partial charge in [0.1, 0.15) is 0 Å². The van der Waals surface area contributed by atoms with Crippen LogP contribution >= 0.6 is 0 Å². The molecule has 1 N–H and O–H groups in total. The molecule has 0 aromatic heterocycles. The second-order valence-electron chi connectivity index (χ2n) is 7.97. The van der Waals surface area contributed by atoms with Crippen LogP contribution in [0.5, 0.6) is 0 Å². The van der Waals surface area contributed by atoms with Gasteiger partial charge < -0.3 is 9.64 Å². The van der Waals surface area contributed by atoms with E-state index in [0.717, 1.165) is 24.9 Å². The van der Waals surface area contributed by atoms with Crippen molar-refractivity contribution in [1.29, 1.82) is 0 Å². The molecule has 3 rings (SSSR count). The molecule has 0 bridgehead atoms. The van der Waals surface area contributed by atoms with Crippen LogP contribution in [0.2, 0.25) is 0 Å². The minimum atomic E-state index is -0.00289. The number of piperidine rings is 1. The summed E-state index contributed by atoms with van der Waals surface area (Å²) in [5, 5.41) is 0. The number of rotatable bonds is 4. The highest BCUT2D eigenvalue weighted by Crippen LogP contribution is 2.64. The van der Waals surface area contributed by atoms with Crippen molar-refractivity contribution in [2.24, 2.45) is 23.2 Å². The van der Waals surface area contributed by atoms with Crippen molar-refractivity contribution in [2.75, 3.05) is 26.2 Å². The number of nitrogens with one attached hydrogen (secondary N) is 1. The number of carbonyl (C=O) groups excluding carboxylic acids is 1. The molecule has 2 aliphatic carbocycles. The van der Waals surface area contributed by atoms with Crippen molar-refractivity contribution in [3.8, 4) is 0 Å². The fraction of sp³-hybridized carbons (Fsp3) is 0.833.